The second-order valence-corrected chi connectivity index (χ2v) is 5.60. The van der Waals surface area contributed by atoms with Crippen molar-refractivity contribution in [1.82, 2.24) is 4.90 Å². The Hall–Kier alpha value is -1.31. The number of benzene rings is 1. The van der Waals surface area contributed by atoms with Gasteiger partial charge >= 0.3 is 0 Å². The summed E-state index contributed by atoms with van der Waals surface area (Å²) in [6.45, 7) is 4.12. The largest absolute Gasteiger partial charge is 0.339 e. The lowest BCUT2D eigenvalue weighted by Gasteiger charge is -2.32. The van der Waals surface area contributed by atoms with Crippen LogP contribution in [0, 0.1) is 5.92 Å². The fraction of sp³-hybridized carbons (Fsp3) is 0.588. The van der Waals surface area contributed by atoms with Crippen LogP contribution in [-0.4, -0.2) is 23.9 Å². The summed E-state index contributed by atoms with van der Waals surface area (Å²) >= 11 is 0. The highest BCUT2D eigenvalue weighted by atomic mass is 16.2. The van der Waals surface area contributed by atoms with Gasteiger partial charge in [-0.2, -0.15) is 0 Å². The average molecular weight is 259 g/mol. The highest BCUT2D eigenvalue weighted by molar-refractivity contribution is 5.94. The van der Waals surface area contributed by atoms with Gasteiger partial charge in [-0.25, -0.2) is 0 Å². The molecule has 0 atom stereocenters. The van der Waals surface area contributed by atoms with Crippen LogP contribution in [0.15, 0.2) is 30.3 Å². The van der Waals surface area contributed by atoms with Crippen LogP contribution in [0.1, 0.15) is 55.8 Å². The Labute approximate surface area is 116 Å². The second kappa shape index (κ2) is 7.32. The zero-order valence-electron chi connectivity index (χ0n) is 12.0. The van der Waals surface area contributed by atoms with Gasteiger partial charge in [-0.1, -0.05) is 50.8 Å². The number of nitrogens with zero attached hydrogens (tertiary/aromatic N) is 1. The molecule has 2 heteroatoms. The van der Waals surface area contributed by atoms with Crippen LogP contribution < -0.4 is 0 Å². The summed E-state index contributed by atoms with van der Waals surface area (Å²) in [4.78, 5) is 14.3. The number of carbonyl (C=O) groups is 1. The molecule has 0 N–H and O–H groups in total. The smallest absolute Gasteiger partial charge is 0.253 e. The first kappa shape index (κ1) is 14.1. The summed E-state index contributed by atoms with van der Waals surface area (Å²) in [5.41, 5.74) is 0.826. The average Bonchev–Trinajstić information content (AvgIpc) is 2.48. The third-order valence-corrected chi connectivity index (χ3v) is 4.14. The number of hydrogen-bond acceptors (Lipinski definition) is 1. The van der Waals surface area contributed by atoms with Gasteiger partial charge in [0.1, 0.15) is 0 Å². The maximum Gasteiger partial charge on any atom is 0.253 e. The molecule has 1 aliphatic rings. The van der Waals surface area contributed by atoms with Crippen molar-refractivity contribution >= 4 is 5.91 Å². The lowest BCUT2D eigenvalue weighted by molar-refractivity contribution is 0.0685. The maximum absolute atomic E-state index is 12.3. The van der Waals surface area contributed by atoms with Gasteiger partial charge < -0.3 is 4.90 Å². The van der Waals surface area contributed by atoms with E-state index in [2.05, 4.69) is 6.92 Å². The van der Waals surface area contributed by atoms with Crippen LogP contribution in [0.25, 0.3) is 0 Å². The molecule has 1 saturated heterocycles. The number of unbranched alkanes of at least 4 members (excludes halogenated alkanes) is 2. The zero-order chi connectivity index (χ0) is 13.5. The molecular weight excluding hydrogens is 234 g/mol. The molecular formula is C17H25NO. The van der Waals surface area contributed by atoms with Gasteiger partial charge in [0.25, 0.3) is 5.91 Å². The maximum atomic E-state index is 12.3. The summed E-state index contributed by atoms with van der Waals surface area (Å²) < 4.78 is 0. The summed E-state index contributed by atoms with van der Waals surface area (Å²) in [5, 5.41) is 0. The van der Waals surface area contributed by atoms with Gasteiger partial charge in [0, 0.05) is 18.7 Å². The monoisotopic (exact) mass is 259 g/mol. The zero-order valence-corrected chi connectivity index (χ0v) is 12.0. The third kappa shape index (κ3) is 4.09. The predicted molar refractivity (Wildman–Crippen MR) is 79.2 cm³/mol. The quantitative estimate of drug-likeness (QED) is 0.728. The number of carbonyl (C=O) groups excluding carboxylic acids is 1. The Morgan fingerprint density at radius 3 is 2.47 bits per heavy atom. The molecule has 0 spiro atoms. The highest BCUT2D eigenvalue weighted by Crippen LogP contribution is 2.23. The number of likely N-dealkylation sites (tertiary alicyclic amines) is 1. The van der Waals surface area contributed by atoms with Crippen molar-refractivity contribution in [2.75, 3.05) is 13.1 Å². The van der Waals surface area contributed by atoms with E-state index >= 15 is 0 Å². The van der Waals surface area contributed by atoms with Crippen molar-refractivity contribution in [3.8, 4) is 0 Å². The molecule has 0 bridgehead atoms. The van der Waals surface area contributed by atoms with Gasteiger partial charge in [0.2, 0.25) is 0 Å². The van der Waals surface area contributed by atoms with Crippen molar-refractivity contribution in [2.45, 2.75) is 45.4 Å². The normalized spacial score (nSPS) is 16.6. The van der Waals surface area contributed by atoms with Crippen molar-refractivity contribution in [1.29, 1.82) is 0 Å². The van der Waals surface area contributed by atoms with E-state index in [1.807, 2.05) is 35.2 Å². The van der Waals surface area contributed by atoms with Crippen LogP contribution in [0.4, 0.5) is 0 Å². The van der Waals surface area contributed by atoms with Crippen LogP contribution in [0.5, 0.6) is 0 Å². The molecule has 1 fully saturated rings. The summed E-state index contributed by atoms with van der Waals surface area (Å²) in [5.74, 6) is 1.04. The Bertz CT molecular complexity index is 380. The van der Waals surface area contributed by atoms with Gasteiger partial charge in [0.15, 0.2) is 0 Å². The standard InChI is InChI=1S/C17H25NO/c1-2-3-5-8-15-11-13-18(14-12-15)17(19)16-9-6-4-7-10-16/h4,6-7,9-10,15H,2-3,5,8,11-14H2,1H3. The molecule has 1 aliphatic heterocycles. The van der Waals surface area contributed by atoms with Crippen molar-refractivity contribution in [2.24, 2.45) is 5.92 Å². The summed E-state index contributed by atoms with van der Waals surface area (Å²) in [6.07, 6.45) is 7.72. The van der Waals surface area contributed by atoms with E-state index in [1.165, 1.54) is 38.5 Å². The number of piperidine rings is 1. The first-order valence-corrected chi connectivity index (χ1v) is 7.65. The van der Waals surface area contributed by atoms with Gasteiger partial charge in [-0.15, -0.1) is 0 Å². The van der Waals surface area contributed by atoms with Crippen molar-refractivity contribution in [3.63, 3.8) is 0 Å². The minimum atomic E-state index is 0.201. The van der Waals surface area contributed by atoms with Crippen LogP contribution >= 0.6 is 0 Å². The molecule has 0 unspecified atom stereocenters. The molecule has 19 heavy (non-hydrogen) atoms. The molecule has 0 aromatic heterocycles. The number of hydrogen-bond donors (Lipinski definition) is 0. The minimum Gasteiger partial charge on any atom is -0.339 e. The first-order chi connectivity index (χ1) is 9.31. The number of amides is 1. The summed E-state index contributed by atoms with van der Waals surface area (Å²) in [6, 6.07) is 9.65. The highest BCUT2D eigenvalue weighted by Gasteiger charge is 2.22. The van der Waals surface area contributed by atoms with Crippen molar-refractivity contribution < 1.29 is 4.79 Å². The SMILES string of the molecule is CCCCCC1CCN(C(=O)c2ccccc2)CC1. The first-order valence-electron chi connectivity index (χ1n) is 7.65. The van der Waals surface area contributed by atoms with E-state index in [-0.39, 0.29) is 5.91 Å². The van der Waals surface area contributed by atoms with E-state index in [9.17, 15) is 4.79 Å². The molecule has 1 aromatic carbocycles. The molecule has 104 valence electrons. The van der Waals surface area contributed by atoms with Gasteiger partial charge in [0.05, 0.1) is 0 Å². The van der Waals surface area contributed by atoms with Gasteiger partial charge in [-0.05, 0) is 30.9 Å². The topological polar surface area (TPSA) is 20.3 Å². The lowest BCUT2D eigenvalue weighted by Crippen LogP contribution is -2.38. The molecule has 1 amide bonds. The number of rotatable bonds is 5. The molecule has 2 nitrogen and oxygen atoms in total. The molecule has 0 aliphatic carbocycles. The fourth-order valence-corrected chi connectivity index (χ4v) is 2.87. The van der Waals surface area contributed by atoms with E-state index in [4.69, 9.17) is 0 Å². The molecule has 2 rings (SSSR count). The fourth-order valence-electron chi connectivity index (χ4n) is 2.87. The minimum absolute atomic E-state index is 0.201. The van der Waals surface area contributed by atoms with Crippen LogP contribution in [0.3, 0.4) is 0 Å². The molecule has 0 saturated carbocycles. The second-order valence-electron chi connectivity index (χ2n) is 5.60. The van der Waals surface area contributed by atoms with Gasteiger partial charge in [-0.3, -0.25) is 4.79 Å². The van der Waals surface area contributed by atoms with E-state index in [1.54, 1.807) is 0 Å². The Kier molecular flexibility index (Phi) is 5.44. The lowest BCUT2D eigenvalue weighted by atomic mass is 9.91. The molecule has 1 aromatic rings. The predicted octanol–water partition coefficient (Wildman–Crippen LogP) is 4.12. The van der Waals surface area contributed by atoms with Crippen molar-refractivity contribution in [3.05, 3.63) is 35.9 Å². The van der Waals surface area contributed by atoms with E-state index < -0.39 is 0 Å². The Morgan fingerprint density at radius 1 is 1.16 bits per heavy atom. The van der Waals surface area contributed by atoms with Crippen LogP contribution in [0.2, 0.25) is 0 Å². The van der Waals surface area contributed by atoms with E-state index in [0.29, 0.717) is 0 Å². The molecule has 0 radical (unpaired) electrons. The van der Waals surface area contributed by atoms with E-state index in [0.717, 1.165) is 24.6 Å². The Balaban J connectivity index is 1.78. The third-order valence-electron chi connectivity index (χ3n) is 4.14. The Morgan fingerprint density at radius 2 is 1.84 bits per heavy atom. The summed E-state index contributed by atoms with van der Waals surface area (Å²) in [7, 11) is 0. The van der Waals surface area contributed by atoms with Crippen LogP contribution in [-0.2, 0) is 0 Å². The molecule has 1 heterocycles.